The van der Waals surface area contributed by atoms with E-state index >= 15 is 0 Å². The molecule has 3 N–H and O–H groups in total. The van der Waals surface area contributed by atoms with Gasteiger partial charge < -0.3 is 10.0 Å². The second-order valence-electron chi connectivity index (χ2n) is 5.01. The number of aryl methyl sites for hydroxylation is 2. The molecular weight excluding hydrogens is 212 g/mol. The molecule has 1 aromatic carbocycles. The first-order valence-corrected chi connectivity index (χ1v) is 5.92. The van der Waals surface area contributed by atoms with E-state index in [1.54, 1.807) is 0 Å². The molecule has 1 aromatic heterocycles. The predicted molar refractivity (Wildman–Crippen MR) is 68.2 cm³/mol. The molecule has 0 aliphatic heterocycles. The molecular formula is C14H20N2O+2. The van der Waals surface area contributed by atoms with Gasteiger partial charge in [-0.3, -0.25) is 0 Å². The Balaban J connectivity index is 2.68. The number of hydrogen-bond acceptors (Lipinski definition) is 1. The van der Waals surface area contributed by atoms with E-state index in [1.165, 1.54) is 4.90 Å². The third-order valence-corrected chi connectivity index (χ3v) is 3.02. The minimum Gasteiger partial charge on any atom is -0.506 e. The van der Waals surface area contributed by atoms with Crippen LogP contribution >= 0.6 is 0 Å². The van der Waals surface area contributed by atoms with E-state index in [4.69, 9.17) is 0 Å². The topological polar surface area (TPSA) is 38.8 Å². The van der Waals surface area contributed by atoms with Crippen molar-refractivity contribution in [2.45, 2.75) is 20.4 Å². The molecule has 0 radical (unpaired) electrons. The summed E-state index contributed by atoms with van der Waals surface area (Å²) in [5, 5.41) is 11.3. The van der Waals surface area contributed by atoms with E-state index in [2.05, 4.69) is 25.1 Å². The third kappa shape index (κ3) is 2.24. The molecule has 0 atom stereocenters. The van der Waals surface area contributed by atoms with Crippen LogP contribution in [0.5, 0.6) is 5.75 Å². The van der Waals surface area contributed by atoms with Crippen molar-refractivity contribution in [1.82, 2.24) is 0 Å². The van der Waals surface area contributed by atoms with Crippen LogP contribution in [0, 0.1) is 13.8 Å². The number of hydrogen-bond donors (Lipinski definition) is 2. The van der Waals surface area contributed by atoms with Gasteiger partial charge in [-0.05, 0) is 18.6 Å². The zero-order valence-electron chi connectivity index (χ0n) is 10.9. The first-order chi connectivity index (χ1) is 7.99. The number of fused-ring (bicyclic) bond motifs is 1. The largest absolute Gasteiger partial charge is 0.506 e. The van der Waals surface area contributed by atoms with Gasteiger partial charge in [-0.2, -0.15) is 0 Å². The summed E-state index contributed by atoms with van der Waals surface area (Å²) in [5.41, 5.74) is 4.19. The van der Waals surface area contributed by atoms with Gasteiger partial charge in [0, 0.05) is 13.0 Å². The number of benzene rings is 1. The molecule has 0 bridgehead atoms. The van der Waals surface area contributed by atoms with E-state index in [1.807, 2.05) is 26.0 Å². The second-order valence-corrected chi connectivity index (χ2v) is 5.01. The summed E-state index contributed by atoms with van der Waals surface area (Å²) in [7, 11) is 4.17. The first kappa shape index (κ1) is 11.9. The zero-order chi connectivity index (χ0) is 12.6. The third-order valence-electron chi connectivity index (χ3n) is 3.02. The van der Waals surface area contributed by atoms with Crippen molar-refractivity contribution in [3.63, 3.8) is 0 Å². The average molecular weight is 232 g/mol. The lowest BCUT2D eigenvalue weighted by Crippen LogP contribution is -3.04. The number of aromatic amines is 1. The molecule has 0 aliphatic rings. The number of quaternary nitrogens is 1. The van der Waals surface area contributed by atoms with Crippen LogP contribution in [0.15, 0.2) is 18.2 Å². The summed E-state index contributed by atoms with van der Waals surface area (Å²) in [4.78, 5) is 4.65. The molecule has 3 nitrogen and oxygen atoms in total. The number of pyridine rings is 1. The summed E-state index contributed by atoms with van der Waals surface area (Å²) in [5.74, 6) is 0.418. The van der Waals surface area contributed by atoms with Crippen LogP contribution in [0.1, 0.15) is 16.8 Å². The van der Waals surface area contributed by atoms with Crippen molar-refractivity contribution in [2.24, 2.45) is 0 Å². The normalized spacial score (nSPS) is 11.4. The lowest BCUT2D eigenvalue weighted by atomic mass is 10.1. The summed E-state index contributed by atoms with van der Waals surface area (Å²) in [6, 6.07) is 6.09. The van der Waals surface area contributed by atoms with Crippen molar-refractivity contribution < 1.29 is 15.0 Å². The highest BCUT2D eigenvalue weighted by atomic mass is 16.3. The molecule has 90 valence electrons. The van der Waals surface area contributed by atoms with E-state index in [0.29, 0.717) is 5.75 Å². The Kier molecular flexibility index (Phi) is 3.03. The number of aromatic nitrogens is 1. The molecule has 2 rings (SSSR count). The highest BCUT2D eigenvalue weighted by Gasteiger charge is 2.18. The fraction of sp³-hybridized carbons (Fsp3) is 0.357. The molecule has 3 heteroatoms. The van der Waals surface area contributed by atoms with Gasteiger partial charge in [0.25, 0.3) is 0 Å². The summed E-state index contributed by atoms with van der Waals surface area (Å²) < 4.78 is 0. The summed E-state index contributed by atoms with van der Waals surface area (Å²) >= 11 is 0. The quantitative estimate of drug-likeness (QED) is 0.783. The number of H-pyrrole nitrogens is 1. The van der Waals surface area contributed by atoms with Gasteiger partial charge in [0.05, 0.1) is 19.5 Å². The second kappa shape index (κ2) is 4.34. The SMILES string of the molecule is Cc1ccc2[nH+]c(C)c(C[NH+](C)C)c(O)c2c1. The maximum absolute atomic E-state index is 10.4. The van der Waals surface area contributed by atoms with Gasteiger partial charge in [-0.25, -0.2) is 4.98 Å². The minimum absolute atomic E-state index is 0.418. The van der Waals surface area contributed by atoms with Gasteiger partial charge in [-0.1, -0.05) is 6.07 Å². The maximum Gasteiger partial charge on any atom is 0.214 e. The van der Waals surface area contributed by atoms with Crippen LogP contribution in [0.3, 0.4) is 0 Å². The molecule has 17 heavy (non-hydrogen) atoms. The Morgan fingerprint density at radius 1 is 1.24 bits per heavy atom. The smallest absolute Gasteiger partial charge is 0.214 e. The van der Waals surface area contributed by atoms with Crippen molar-refractivity contribution >= 4 is 10.9 Å². The average Bonchev–Trinajstić information content (AvgIpc) is 2.25. The van der Waals surface area contributed by atoms with Gasteiger partial charge >= 0.3 is 0 Å². The molecule has 0 unspecified atom stereocenters. The standard InChI is InChI=1S/C14H18N2O/c1-9-5-6-13-11(7-9)14(17)12(8-16(3)4)10(2)15-13/h5-7H,8H2,1-4H3,(H,15,17)/p+2. The Morgan fingerprint density at radius 2 is 1.94 bits per heavy atom. The van der Waals surface area contributed by atoms with E-state index in [0.717, 1.165) is 34.3 Å². The monoisotopic (exact) mass is 232 g/mol. The molecule has 2 aromatic rings. The highest BCUT2D eigenvalue weighted by Crippen LogP contribution is 2.27. The lowest BCUT2D eigenvalue weighted by Gasteiger charge is -2.10. The van der Waals surface area contributed by atoms with Crippen LogP contribution < -0.4 is 9.88 Å². The maximum atomic E-state index is 10.4. The highest BCUT2D eigenvalue weighted by molar-refractivity contribution is 5.84. The van der Waals surface area contributed by atoms with Crippen molar-refractivity contribution in [3.05, 3.63) is 35.0 Å². The molecule has 0 aliphatic carbocycles. The van der Waals surface area contributed by atoms with Gasteiger partial charge in [0.2, 0.25) is 5.52 Å². The van der Waals surface area contributed by atoms with E-state index in [-0.39, 0.29) is 0 Å². The van der Waals surface area contributed by atoms with Crippen LogP contribution in [-0.4, -0.2) is 19.2 Å². The molecule has 0 saturated heterocycles. The predicted octanol–water partition coefficient (Wildman–Crippen LogP) is 0.621. The molecule has 0 spiro atoms. The van der Waals surface area contributed by atoms with Gasteiger partial charge in [0.15, 0.2) is 5.69 Å². The number of nitrogens with one attached hydrogen (secondary N) is 2. The molecule has 0 saturated carbocycles. The van der Waals surface area contributed by atoms with E-state index < -0.39 is 0 Å². The number of rotatable bonds is 2. The Bertz CT molecular complexity index is 562. The molecule has 1 heterocycles. The Morgan fingerprint density at radius 3 is 2.59 bits per heavy atom. The zero-order valence-corrected chi connectivity index (χ0v) is 10.9. The van der Waals surface area contributed by atoms with Gasteiger partial charge in [-0.15, -0.1) is 0 Å². The number of aromatic hydroxyl groups is 1. The molecule has 0 amide bonds. The first-order valence-electron chi connectivity index (χ1n) is 5.92. The van der Waals surface area contributed by atoms with Crippen LogP contribution in [0.4, 0.5) is 0 Å². The Hall–Kier alpha value is -1.61. The lowest BCUT2D eigenvalue weighted by molar-refractivity contribution is -0.873. The fourth-order valence-electron chi connectivity index (χ4n) is 2.15. The van der Waals surface area contributed by atoms with Crippen molar-refractivity contribution in [1.29, 1.82) is 0 Å². The van der Waals surface area contributed by atoms with Crippen LogP contribution in [0.2, 0.25) is 0 Å². The molecule has 0 fully saturated rings. The Labute approximate surface area is 102 Å². The van der Waals surface area contributed by atoms with Crippen molar-refractivity contribution in [2.75, 3.05) is 14.1 Å². The van der Waals surface area contributed by atoms with Crippen LogP contribution in [0.25, 0.3) is 10.9 Å². The van der Waals surface area contributed by atoms with Gasteiger partial charge in [0.1, 0.15) is 17.9 Å². The summed E-state index contributed by atoms with van der Waals surface area (Å²) in [6.45, 7) is 4.87. The van der Waals surface area contributed by atoms with Crippen LogP contribution in [-0.2, 0) is 6.54 Å². The minimum atomic E-state index is 0.418. The van der Waals surface area contributed by atoms with Crippen molar-refractivity contribution in [3.8, 4) is 5.75 Å². The fourth-order valence-corrected chi connectivity index (χ4v) is 2.15. The summed E-state index contributed by atoms with van der Waals surface area (Å²) in [6.07, 6.45) is 0. The van der Waals surface area contributed by atoms with E-state index in [9.17, 15) is 5.11 Å².